The summed E-state index contributed by atoms with van der Waals surface area (Å²) < 4.78 is 9.69. The van der Waals surface area contributed by atoms with Gasteiger partial charge < -0.3 is 11.2 Å². The van der Waals surface area contributed by atoms with Gasteiger partial charge in [-0.15, -0.1) is 0 Å². The molecule has 0 amide bonds. The van der Waals surface area contributed by atoms with E-state index in [9.17, 15) is 4.57 Å². The second kappa shape index (κ2) is 4.07. The van der Waals surface area contributed by atoms with Crippen LogP contribution in [-0.2, 0) is 4.57 Å². The van der Waals surface area contributed by atoms with Crippen LogP contribution in [0.15, 0.2) is 0 Å². The molecule has 40 valence electrons. The number of hydrogen-bond acceptors (Lipinski definition) is 1. The van der Waals surface area contributed by atoms with Crippen LogP contribution in [0, 0.1) is 0 Å². The molecule has 0 unspecified atom stereocenters. The minimum absolute atomic E-state index is 0. The monoisotopic (exact) mass is 134 g/mol. The summed E-state index contributed by atoms with van der Waals surface area (Å²) in [5, 5.41) is 0. The van der Waals surface area contributed by atoms with Gasteiger partial charge in [0.1, 0.15) is 0 Å². The maximum absolute atomic E-state index is 9.69. The van der Waals surface area contributed by atoms with Gasteiger partial charge in [-0.05, 0) is 0 Å². The molecular weight excluding hydrogens is 126 g/mol. The Hall–Kier alpha value is 1.15. The van der Waals surface area contributed by atoms with Crippen molar-refractivity contribution in [1.82, 2.24) is 0 Å². The summed E-state index contributed by atoms with van der Waals surface area (Å²) >= 11 is 0. The molecule has 0 radical (unpaired) electrons. The van der Waals surface area contributed by atoms with Gasteiger partial charge in [0.05, 0.1) is 0 Å². The molecule has 0 aromatic rings. The molecule has 3 nitrogen and oxygen atoms in total. The zero-order valence-corrected chi connectivity index (χ0v) is 7.35. The van der Waals surface area contributed by atoms with Crippen LogP contribution in [-0.4, -0.2) is 15.9 Å². The zero-order chi connectivity index (χ0) is 5.21. The fraction of sp³-hybridized carbons (Fsp3) is 1.00. The van der Waals surface area contributed by atoms with Crippen molar-refractivity contribution in [2.45, 2.75) is 6.92 Å². The van der Waals surface area contributed by atoms with Crippen molar-refractivity contribution in [2.75, 3.05) is 6.16 Å². The van der Waals surface area contributed by atoms with E-state index in [-0.39, 0.29) is 37.1 Å². The zero-order valence-electron chi connectivity index (χ0n) is 5.46. The standard InChI is InChI=1S/C2H7O3P.Na.H/c1-2-6(3,4)5;;/h2H2,1H3,(H2,3,4,5);;/q;+1;-1. The molecule has 0 aliphatic carbocycles. The largest absolute Gasteiger partial charge is 1.00 e. The molecular formula is C2H8NaO3P. The van der Waals surface area contributed by atoms with Gasteiger partial charge in [0.15, 0.2) is 0 Å². The van der Waals surface area contributed by atoms with Crippen LogP contribution >= 0.6 is 7.60 Å². The van der Waals surface area contributed by atoms with Gasteiger partial charge in [-0.3, -0.25) is 4.57 Å². The Morgan fingerprint density at radius 3 is 1.86 bits per heavy atom. The van der Waals surface area contributed by atoms with E-state index in [1.165, 1.54) is 6.92 Å². The van der Waals surface area contributed by atoms with E-state index < -0.39 is 7.60 Å². The Morgan fingerprint density at radius 1 is 1.71 bits per heavy atom. The number of rotatable bonds is 1. The molecule has 2 N–H and O–H groups in total. The van der Waals surface area contributed by atoms with Gasteiger partial charge in [0.25, 0.3) is 0 Å². The second-order valence-electron chi connectivity index (χ2n) is 0.981. The van der Waals surface area contributed by atoms with Crippen molar-refractivity contribution in [2.24, 2.45) is 0 Å². The molecule has 0 atom stereocenters. The van der Waals surface area contributed by atoms with Crippen LogP contribution in [0.4, 0.5) is 0 Å². The van der Waals surface area contributed by atoms with Crippen LogP contribution in [0.5, 0.6) is 0 Å². The van der Waals surface area contributed by atoms with Gasteiger partial charge in [-0.25, -0.2) is 0 Å². The summed E-state index contributed by atoms with van der Waals surface area (Å²) in [6.07, 6.45) is -0.0625. The third-order valence-electron chi connectivity index (χ3n) is 0.412. The molecule has 0 spiro atoms. The SMILES string of the molecule is CCP(=O)(O)O.[H-].[Na+]. The van der Waals surface area contributed by atoms with Gasteiger partial charge in [-0.2, -0.15) is 0 Å². The first-order valence-corrected chi connectivity index (χ1v) is 3.40. The third-order valence-corrected chi connectivity index (χ3v) is 1.24. The number of hydrogen-bond donors (Lipinski definition) is 2. The van der Waals surface area contributed by atoms with Gasteiger partial charge in [0.2, 0.25) is 0 Å². The van der Waals surface area contributed by atoms with Crippen LogP contribution in [0.1, 0.15) is 8.35 Å². The molecule has 7 heavy (non-hydrogen) atoms. The van der Waals surface area contributed by atoms with Crippen molar-refractivity contribution in [3.63, 3.8) is 0 Å². The van der Waals surface area contributed by atoms with Gasteiger partial charge >= 0.3 is 37.2 Å². The molecule has 0 bridgehead atoms. The van der Waals surface area contributed by atoms with E-state index in [4.69, 9.17) is 9.79 Å². The Bertz CT molecular complexity index is 81.4. The first-order valence-electron chi connectivity index (χ1n) is 1.61. The topological polar surface area (TPSA) is 57.5 Å². The Balaban J connectivity index is -0.000000125. The van der Waals surface area contributed by atoms with Crippen LogP contribution in [0.3, 0.4) is 0 Å². The van der Waals surface area contributed by atoms with Crippen LogP contribution in [0.2, 0.25) is 0 Å². The molecule has 0 aromatic carbocycles. The average molecular weight is 134 g/mol. The van der Waals surface area contributed by atoms with Crippen molar-refractivity contribution < 1.29 is 45.3 Å². The first kappa shape index (κ1) is 11.0. The van der Waals surface area contributed by atoms with E-state index in [1.807, 2.05) is 0 Å². The summed E-state index contributed by atoms with van der Waals surface area (Å²) in [5.74, 6) is 0. The first-order chi connectivity index (χ1) is 2.56. The van der Waals surface area contributed by atoms with E-state index in [2.05, 4.69) is 0 Å². The van der Waals surface area contributed by atoms with Crippen molar-refractivity contribution in [1.29, 1.82) is 0 Å². The fourth-order valence-corrected chi connectivity index (χ4v) is 0. The maximum Gasteiger partial charge on any atom is 1.00 e. The summed E-state index contributed by atoms with van der Waals surface area (Å²) in [4.78, 5) is 15.9. The molecule has 5 heteroatoms. The predicted octanol–water partition coefficient (Wildman–Crippen LogP) is -2.70. The summed E-state index contributed by atoms with van der Waals surface area (Å²) in [5.41, 5.74) is 0. The fourth-order valence-electron chi connectivity index (χ4n) is 0. The van der Waals surface area contributed by atoms with Crippen molar-refractivity contribution in [3.8, 4) is 0 Å². The van der Waals surface area contributed by atoms with E-state index in [1.54, 1.807) is 0 Å². The van der Waals surface area contributed by atoms with Gasteiger partial charge in [-0.1, -0.05) is 6.92 Å². The minimum atomic E-state index is -3.65. The van der Waals surface area contributed by atoms with Crippen LogP contribution in [0.25, 0.3) is 0 Å². The predicted molar refractivity (Wildman–Crippen MR) is 23.7 cm³/mol. The maximum atomic E-state index is 9.69. The molecule has 0 saturated heterocycles. The van der Waals surface area contributed by atoms with E-state index >= 15 is 0 Å². The molecule has 0 rings (SSSR count). The summed E-state index contributed by atoms with van der Waals surface area (Å²) in [6.45, 7) is 1.45. The van der Waals surface area contributed by atoms with Gasteiger partial charge in [0, 0.05) is 6.16 Å². The minimum Gasteiger partial charge on any atom is -1.00 e. The van der Waals surface area contributed by atoms with E-state index in [0.717, 1.165) is 0 Å². The Kier molecular flexibility index (Phi) is 6.41. The summed E-state index contributed by atoms with van der Waals surface area (Å²) in [7, 11) is -3.65. The van der Waals surface area contributed by atoms with Crippen LogP contribution < -0.4 is 29.6 Å². The van der Waals surface area contributed by atoms with Crippen molar-refractivity contribution >= 4 is 7.60 Å². The average Bonchev–Trinajstić information content (AvgIpc) is 1.35. The Labute approximate surface area is 66.1 Å². The molecule has 0 saturated carbocycles. The second-order valence-corrected chi connectivity index (χ2v) is 2.94. The van der Waals surface area contributed by atoms with E-state index in [0.29, 0.717) is 0 Å². The summed E-state index contributed by atoms with van der Waals surface area (Å²) in [6, 6.07) is 0. The smallest absolute Gasteiger partial charge is 1.00 e. The molecule has 0 aromatic heterocycles. The molecule has 0 fully saturated rings. The third kappa shape index (κ3) is 11.0. The van der Waals surface area contributed by atoms with Crippen molar-refractivity contribution in [3.05, 3.63) is 0 Å². The molecule has 0 aliphatic heterocycles. The quantitative estimate of drug-likeness (QED) is 0.303. The molecule has 0 aliphatic rings. The molecule has 0 heterocycles. The normalized spacial score (nSPS) is 10.1. The Morgan fingerprint density at radius 2 is 1.86 bits per heavy atom.